The first-order valence-electron chi connectivity index (χ1n) is 9.45. The molecule has 0 bridgehead atoms. The van der Waals surface area contributed by atoms with Crippen molar-refractivity contribution < 1.29 is 9.53 Å². The Bertz CT molecular complexity index is 409. The number of ether oxygens (including phenoxy) is 1. The molecule has 2 aliphatic heterocycles. The number of rotatable bonds is 3. The molecule has 0 aromatic rings. The van der Waals surface area contributed by atoms with Gasteiger partial charge in [-0.2, -0.15) is 0 Å². The second-order valence-corrected chi connectivity index (χ2v) is 7.95. The van der Waals surface area contributed by atoms with E-state index in [1.54, 1.807) is 0 Å². The molecule has 0 aromatic heterocycles. The summed E-state index contributed by atoms with van der Waals surface area (Å²) in [5.41, 5.74) is 6.10. The van der Waals surface area contributed by atoms with Crippen molar-refractivity contribution in [1.82, 2.24) is 9.80 Å². The third kappa shape index (κ3) is 5.96. The van der Waals surface area contributed by atoms with Crippen LogP contribution < -0.4 is 5.73 Å². The van der Waals surface area contributed by atoms with Gasteiger partial charge < -0.3 is 15.4 Å². The van der Waals surface area contributed by atoms with Crippen LogP contribution in [0.25, 0.3) is 0 Å². The number of carbonyl (C=O) groups excluding carboxylic acids is 1. The number of likely N-dealkylation sites (tertiary alicyclic amines) is 1. The summed E-state index contributed by atoms with van der Waals surface area (Å²) in [6, 6.07) is 0.0940. The monoisotopic (exact) mass is 395 g/mol. The lowest BCUT2D eigenvalue weighted by molar-refractivity contribution is -0.137. The van der Waals surface area contributed by atoms with Crippen LogP contribution in [0.3, 0.4) is 0 Å². The van der Waals surface area contributed by atoms with Gasteiger partial charge in [-0.05, 0) is 45.4 Å². The van der Waals surface area contributed by atoms with E-state index in [2.05, 4.69) is 23.6 Å². The highest BCUT2D eigenvalue weighted by molar-refractivity contribution is 5.85. The van der Waals surface area contributed by atoms with Gasteiger partial charge in [-0.25, -0.2) is 0 Å². The number of nitrogens with zero attached hydrogens (tertiary/aromatic N) is 2. The fourth-order valence-electron chi connectivity index (χ4n) is 4.66. The summed E-state index contributed by atoms with van der Waals surface area (Å²) in [6.45, 7) is 9.40. The molecule has 3 fully saturated rings. The van der Waals surface area contributed by atoms with Crippen LogP contribution in [0.1, 0.15) is 46.0 Å². The first-order chi connectivity index (χ1) is 11.0. The van der Waals surface area contributed by atoms with Crippen LogP contribution in [-0.4, -0.2) is 66.7 Å². The molecule has 0 spiro atoms. The van der Waals surface area contributed by atoms with E-state index in [0.29, 0.717) is 24.0 Å². The van der Waals surface area contributed by atoms with Gasteiger partial charge in [-0.1, -0.05) is 6.42 Å². The molecule has 1 amide bonds. The Balaban J connectivity index is 0.00000156. The molecule has 25 heavy (non-hydrogen) atoms. The Morgan fingerprint density at radius 3 is 2.16 bits per heavy atom. The van der Waals surface area contributed by atoms with E-state index < -0.39 is 0 Å². The van der Waals surface area contributed by atoms with Gasteiger partial charge in [0.2, 0.25) is 5.91 Å². The predicted octanol–water partition coefficient (Wildman–Crippen LogP) is 2.31. The van der Waals surface area contributed by atoms with Crippen LogP contribution >= 0.6 is 24.8 Å². The maximum atomic E-state index is 12.6. The largest absolute Gasteiger partial charge is 0.373 e. The van der Waals surface area contributed by atoms with Crippen molar-refractivity contribution >= 4 is 30.7 Å². The topological polar surface area (TPSA) is 58.8 Å². The van der Waals surface area contributed by atoms with Crippen molar-refractivity contribution in [2.24, 2.45) is 17.6 Å². The van der Waals surface area contributed by atoms with Gasteiger partial charge in [0.05, 0.1) is 18.1 Å². The van der Waals surface area contributed by atoms with Crippen molar-refractivity contribution in [3.8, 4) is 0 Å². The van der Waals surface area contributed by atoms with Crippen LogP contribution in [0.4, 0.5) is 0 Å². The smallest absolute Gasteiger partial charge is 0.227 e. The lowest BCUT2D eigenvalue weighted by Crippen LogP contribution is -2.49. The first-order valence-corrected chi connectivity index (χ1v) is 9.45. The molecule has 0 radical (unpaired) electrons. The number of morpholine rings is 1. The highest BCUT2D eigenvalue weighted by Crippen LogP contribution is 2.28. The number of piperidine rings is 1. The summed E-state index contributed by atoms with van der Waals surface area (Å²) in [5, 5.41) is 0. The van der Waals surface area contributed by atoms with Crippen LogP contribution in [0.15, 0.2) is 0 Å². The minimum absolute atomic E-state index is 0. The quantitative estimate of drug-likeness (QED) is 0.796. The summed E-state index contributed by atoms with van der Waals surface area (Å²) < 4.78 is 5.81. The number of hydrogen-bond acceptors (Lipinski definition) is 4. The molecular formula is C18H35Cl2N3O2. The number of hydrogen-bond donors (Lipinski definition) is 1. The van der Waals surface area contributed by atoms with Crippen LogP contribution in [-0.2, 0) is 9.53 Å². The van der Waals surface area contributed by atoms with E-state index >= 15 is 0 Å². The predicted molar refractivity (Wildman–Crippen MR) is 106 cm³/mol. The minimum atomic E-state index is 0. The lowest BCUT2D eigenvalue weighted by atomic mass is 9.93. The SMILES string of the molecule is CC1CN(CC2CCN(C(=O)C3CCCC3N)CC2)CC(C)O1.Cl.Cl. The number of amides is 1. The highest BCUT2D eigenvalue weighted by Gasteiger charge is 2.35. The molecule has 4 atom stereocenters. The zero-order valence-electron chi connectivity index (χ0n) is 15.6. The Morgan fingerprint density at radius 2 is 1.64 bits per heavy atom. The molecule has 148 valence electrons. The third-order valence-corrected chi connectivity index (χ3v) is 5.82. The molecule has 3 aliphatic rings. The Morgan fingerprint density at radius 1 is 1.04 bits per heavy atom. The van der Waals surface area contributed by atoms with Gasteiger partial charge in [-0.15, -0.1) is 24.8 Å². The van der Waals surface area contributed by atoms with Gasteiger partial charge in [0.1, 0.15) is 0 Å². The minimum Gasteiger partial charge on any atom is -0.373 e. The van der Waals surface area contributed by atoms with E-state index in [1.807, 2.05) is 0 Å². The fourth-order valence-corrected chi connectivity index (χ4v) is 4.66. The molecule has 5 nitrogen and oxygen atoms in total. The maximum absolute atomic E-state index is 12.6. The van der Waals surface area contributed by atoms with Crippen molar-refractivity contribution in [1.29, 1.82) is 0 Å². The second-order valence-electron chi connectivity index (χ2n) is 7.95. The summed E-state index contributed by atoms with van der Waals surface area (Å²) >= 11 is 0. The standard InChI is InChI=1S/C18H33N3O2.2ClH/c1-13-10-20(11-14(2)23-13)12-15-6-8-21(9-7-15)18(22)16-4-3-5-17(16)19;;/h13-17H,3-12,19H2,1-2H3;2*1H. The first kappa shape index (κ1) is 23.0. The van der Waals surface area contributed by atoms with Crippen LogP contribution in [0.5, 0.6) is 0 Å². The van der Waals surface area contributed by atoms with Gasteiger partial charge in [-0.3, -0.25) is 9.69 Å². The molecule has 1 aliphatic carbocycles. The molecule has 0 aromatic carbocycles. The second kappa shape index (κ2) is 10.3. The number of nitrogens with two attached hydrogens (primary N) is 1. The third-order valence-electron chi connectivity index (χ3n) is 5.82. The Kier molecular flexibility index (Phi) is 9.47. The molecule has 3 rings (SSSR count). The molecular weight excluding hydrogens is 361 g/mol. The molecule has 2 heterocycles. The van der Waals surface area contributed by atoms with E-state index in [1.165, 1.54) is 0 Å². The van der Waals surface area contributed by atoms with Gasteiger partial charge >= 0.3 is 0 Å². The summed E-state index contributed by atoms with van der Waals surface area (Å²) in [7, 11) is 0. The average molecular weight is 396 g/mol. The number of carbonyl (C=O) groups is 1. The normalized spacial score (nSPS) is 34.3. The maximum Gasteiger partial charge on any atom is 0.227 e. The van der Waals surface area contributed by atoms with E-state index in [-0.39, 0.29) is 36.8 Å². The van der Waals surface area contributed by atoms with Crippen molar-refractivity contribution in [2.75, 3.05) is 32.7 Å². The fraction of sp³-hybridized carbons (Fsp3) is 0.944. The Hall–Kier alpha value is -0.0700. The zero-order valence-corrected chi connectivity index (χ0v) is 17.2. The van der Waals surface area contributed by atoms with Crippen molar-refractivity contribution in [3.63, 3.8) is 0 Å². The zero-order chi connectivity index (χ0) is 16.4. The van der Waals surface area contributed by atoms with Gasteiger partial charge in [0, 0.05) is 38.8 Å². The average Bonchev–Trinajstić information content (AvgIpc) is 2.92. The summed E-state index contributed by atoms with van der Waals surface area (Å²) in [4.78, 5) is 17.2. The lowest BCUT2D eigenvalue weighted by Gasteiger charge is -2.40. The van der Waals surface area contributed by atoms with E-state index in [9.17, 15) is 4.79 Å². The van der Waals surface area contributed by atoms with Crippen LogP contribution in [0.2, 0.25) is 0 Å². The summed E-state index contributed by atoms with van der Waals surface area (Å²) in [6.07, 6.45) is 6.06. The highest BCUT2D eigenvalue weighted by atomic mass is 35.5. The van der Waals surface area contributed by atoms with E-state index in [4.69, 9.17) is 10.5 Å². The van der Waals surface area contributed by atoms with Crippen molar-refractivity contribution in [3.05, 3.63) is 0 Å². The van der Waals surface area contributed by atoms with Crippen LogP contribution in [0, 0.1) is 11.8 Å². The number of halogens is 2. The summed E-state index contributed by atoms with van der Waals surface area (Å²) in [5.74, 6) is 1.13. The Labute approximate surface area is 164 Å². The molecule has 4 unspecified atom stereocenters. The molecule has 7 heteroatoms. The molecule has 2 saturated heterocycles. The van der Waals surface area contributed by atoms with Crippen molar-refractivity contribution in [2.45, 2.75) is 64.2 Å². The van der Waals surface area contributed by atoms with E-state index in [0.717, 1.165) is 64.8 Å². The van der Waals surface area contributed by atoms with Gasteiger partial charge in [0.15, 0.2) is 0 Å². The molecule has 2 N–H and O–H groups in total. The molecule has 1 saturated carbocycles. The van der Waals surface area contributed by atoms with Gasteiger partial charge in [0.25, 0.3) is 0 Å².